The van der Waals surface area contributed by atoms with Crippen molar-refractivity contribution in [3.8, 4) is 0 Å². The summed E-state index contributed by atoms with van der Waals surface area (Å²) in [7, 11) is 0. The van der Waals surface area contributed by atoms with Crippen LogP contribution >= 0.6 is 11.3 Å². The Morgan fingerprint density at radius 1 is 1.25 bits per heavy atom. The fourth-order valence-electron chi connectivity index (χ4n) is 6.14. The summed E-state index contributed by atoms with van der Waals surface area (Å²) in [5, 5.41) is 26.8. The van der Waals surface area contributed by atoms with Crippen LogP contribution in [0.2, 0.25) is 0 Å². The van der Waals surface area contributed by atoms with Crippen molar-refractivity contribution < 1.29 is 28.6 Å². The summed E-state index contributed by atoms with van der Waals surface area (Å²) in [5.74, 6) is -3.48. The molecule has 1 aromatic heterocycles. The first-order chi connectivity index (χ1) is 16.9. The number of fused-ring (bicyclic) bond motifs is 2. The molecule has 0 bridgehead atoms. The number of hydrogen-bond donors (Lipinski definition) is 4. The number of thiazole rings is 1. The highest BCUT2D eigenvalue weighted by Gasteiger charge is 2.59. The average Bonchev–Trinajstić information content (AvgIpc) is 3.19. The van der Waals surface area contributed by atoms with E-state index in [0.717, 1.165) is 17.0 Å². The predicted molar refractivity (Wildman–Crippen MR) is 133 cm³/mol. The normalized spacial score (nSPS) is 29.4. The third-order valence-corrected chi connectivity index (χ3v) is 9.15. The molecule has 0 unspecified atom stereocenters. The van der Waals surface area contributed by atoms with Crippen LogP contribution in [-0.4, -0.2) is 45.8 Å². The quantitative estimate of drug-likeness (QED) is 0.459. The van der Waals surface area contributed by atoms with Crippen molar-refractivity contribution >= 4 is 28.3 Å². The van der Waals surface area contributed by atoms with Gasteiger partial charge in [-0.3, -0.25) is 14.9 Å². The minimum atomic E-state index is -0.969. The van der Waals surface area contributed by atoms with Crippen LogP contribution in [0.5, 0.6) is 0 Å². The summed E-state index contributed by atoms with van der Waals surface area (Å²) < 4.78 is 28.3. The molecule has 1 saturated carbocycles. The smallest absolute Gasteiger partial charge is 0.263 e. The van der Waals surface area contributed by atoms with Crippen molar-refractivity contribution in [1.82, 2.24) is 10.3 Å². The number of anilines is 1. The highest BCUT2D eigenvalue weighted by Crippen LogP contribution is 2.62. The number of nitrogens with one attached hydrogen (secondary N) is 2. The maximum atomic E-state index is 14.1. The Balaban J connectivity index is 1.73. The van der Waals surface area contributed by atoms with Gasteiger partial charge in [-0.25, -0.2) is 13.8 Å². The first-order valence-electron chi connectivity index (χ1n) is 12.2. The molecular weight excluding hydrogens is 488 g/mol. The number of halogens is 2. The number of carbonyl (C=O) groups is 2. The first-order valence-corrected chi connectivity index (χ1v) is 13.1. The van der Waals surface area contributed by atoms with Gasteiger partial charge >= 0.3 is 0 Å². The van der Waals surface area contributed by atoms with E-state index in [1.54, 1.807) is 0 Å². The molecule has 10 heteroatoms. The van der Waals surface area contributed by atoms with Crippen LogP contribution in [0.4, 0.5) is 13.9 Å². The molecule has 196 valence electrons. The number of rotatable bonds is 6. The second kappa shape index (κ2) is 9.79. The highest BCUT2D eigenvalue weighted by atomic mass is 32.1. The molecule has 0 saturated heterocycles. The van der Waals surface area contributed by atoms with Gasteiger partial charge in [0.1, 0.15) is 17.2 Å². The Kier molecular flexibility index (Phi) is 7.24. The largest absolute Gasteiger partial charge is 0.396 e. The lowest BCUT2D eigenvalue weighted by Crippen LogP contribution is -2.57. The molecule has 2 aliphatic rings. The molecule has 1 heterocycles. The van der Waals surface area contributed by atoms with Crippen molar-refractivity contribution in [3.05, 3.63) is 46.0 Å². The van der Waals surface area contributed by atoms with E-state index in [1.165, 1.54) is 17.4 Å². The molecule has 0 radical (unpaired) electrons. The zero-order valence-electron chi connectivity index (χ0n) is 20.9. The molecular formula is C26H33F2N3O4S. The van der Waals surface area contributed by atoms with Gasteiger partial charge in [-0.15, -0.1) is 11.3 Å². The zero-order chi connectivity index (χ0) is 26.4. The Bertz CT molecular complexity index is 1150. The number of hydrogen-bond acceptors (Lipinski definition) is 6. The average molecular weight is 522 g/mol. The molecule has 0 aliphatic heterocycles. The molecule has 2 amide bonds. The third-order valence-electron chi connectivity index (χ3n) is 8.14. The fraction of sp³-hybridized carbons (Fsp3) is 0.577. The number of aromatic nitrogens is 1. The number of carbonyl (C=O) groups excluding carboxylic acids is 2. The van der Waals surface area contributed by atoms with E-state index in [-0.39, 0.29) is 41.9 Å². The minimum Gasteiger partial charge on any atom is -0.396 e. The molecule has 36 heavy (non-hydrogen) atoms. The molecule has 1 aromatic carbocycles. The van der Waals surface area contributed by atoms with E-state index in [0.29, 0.717) is 25.0 Å². The van der Waals surface area contributed by atoms with Gasteiger partial charge in [0.15, 0.2) is 5.13 Å². The van der Waals surface area contributed by atoms with E-state index < -0.39 is 40.0 Å². The molecule has 0 spiro atoms. The molecule has 4 N–H and O–H groups in total. The Morgan fingerprint density at radius 3 is 2.53 bits per heavy atom. The van der Waals surface area contributed by atoms with Gasteiger partial charge in [0.2, 0.25) is 5.91 Å². The summed E-state index contributed by atoms with van der Waals surface area (Å²) in [4.78, 5) is 31.1. The standard InChI is InChI=1S/C26H33F2N3O4S/c1-13(2)29-20(34)10-14-22-17(11-18-25(14,3)9-8-19(33)26(18,4)12-32)36-24(30-22)31-23(35)21-15(27)6-5-7-16(21)28/h5-7,13-14,18-19,32-33H,8-12H2,1-4H3,(H,29,34)(H,30,31,35)/t14-,18+,19+,25-,26-/m0/s1. The third kappa shape index (κ3) is 4.54. The van der Waals surface area contributed by atoms with E-state index in [9.17, 15) is 28.6 Å². The topological polar surface area (TPSA) is 112 Å². The second-order valence-electron chi connectivity index (χ2n) is 10.8. The minimum absolute atomic E-state index is 0.0407. The lowest BCUT2D eigenvalue weighted by molar-refractivity contribution is -0.144. The number of aliphatic hydroxyl groups is 2. The lowest BCUT2D eigenvalue weighted by atomic mass is 9.47. The second-order valence-corrected chi connectivity index (χ2v) is 11.9. The summed E-state index contributed by atoms with van der Waals surface area (Å²) in [6.45, 7) is 7.52. The fourth-order valence-corrected chi connectivity index (χ4v) is 7.20. The van der Waals surface area contributed by atoms with Gasteiger partial charge in [0, 0.05) is 28.7 Å². The summed E-state index contributed by atoms with van der Waals surface area (Å²) in [6.07, 6.45) is 1.11. The van der Waals surface area contributed by atoms with Gasteiger partial charge in [0.05, 0.1) is 18.4 Å². The van der Waals surface area contributed by atoms with Gasteiger partial charge in [-0.1, -0.05) is 19.9 Å². The van der Waals surface area contributed by atoms with Gasteiger partial charge < -0.3 is 15.5 Å². The molecule has 2 aliphatic carbocycles. The van der Waals surface area contributed by atoms with Gasteiger partial charge in [0.25, 0.3) is 5.91 Å². The van der Waals surface area contributed by atoms with Gasteiger partial charge in [-0.05, 0) is 56.6 Å². The van der Waals surface area contributed by atoms with E-state index in [4.69, 9.17) is 0 Å². The molecule has 2 aromatic rings. The van der Waals surface area contributed by atoms with Crippen LogP contribution in [0.25, 0.3) is 0 Å². The zero-order valence-corrected chi connectivity index (χ0v) is 21.7. The number of benzene rings is 1. The Morgan fingerprint density at radius 2 is 1.92 bits per heavy atom. The van der Waals surface area contributed by atoms with E-state index in [1.807, 2.05) is 20.8 Å². The maximum Gasteiger partial charge on any atom is 0.263 e. The monoisotopic (exact) mass is 521 g/mol. The summed E-state index contributed by atoms with van der Waals surface area (Å²) in [5.41, 5.74) is -1.22. The first kappa shape index (κ1) is 26.6. The van der Waals surface area contributed by atoms with Crippen LogP contribution in [0.15, 0.2) is 18.2 Å². The molecule has 1 fully saturated rings. The van der Waals surface area contributed by atoms with Crippen LogP contribution in [0.1, 0.15) is 73.8 Å². The van der Waals surface area contributed by atoms with E-state index in [2.05, 4.69) is 22.5 Å². The maximum absolute atomic E-state index is 14.1. The Hall–Kier alpha value is -2.43. The van der Waals surface area contributed by atoms with Crippen molar-refractivity contribution in [3.63, 3.8) is 0 Å². The molecule has 5 atom stereocenters. The summed E-state index contributed by atoms with van der Waals surface area (Å²) >= 11 is 1.20. The molecule has 4 rings (SSSR count). The van der Waals surface area contributed by atoms with Crippen LogP contribution in [-0.2, 0) is 11.2 Å². The van der Waals surface area contributed by atoms with Crippen molar-refractivity contribution in [1.29, 1.82) is 0 Å². The van der Waals surface area contributed by atoms with Crippen molar-refractivity contribution in [2.24, 2.45) is 16.7 Å². The lowest BCUT2D eigenvalue weighted by Gasteiger charge is -2.58. The number of amides is 2. The highest BCUT2D eigenvalue weighted by molar-refractivity contribution is 7.15. The van der Waals surface area contributed by atoms with Crippen LogP contribution in [0.3, 0.4) is 0 Å². The SMILES string of the molecule is CC(C)NC(=O)C[C@H]1c2nc(NC(=O)c3c(F)cccc3F)sc2C[C@H]2[C@](C)(CO)[C@H](O)CC[C@]21C. The Labute approximate surface area is 213 Å². The van der Waals surface area contributed by atoms with Crippen molar-refractivity contribution in [2.45, 2.75) is 71.4 Å². The molecule has 7 nitrogen and oxygen atoms in total. The van der Waals surface area contributed by atoms with Gasteiger partial charge in [-0.2, -0.15) is 0 Å². The summed E-state index contributed by atoms with van der Waals surface area (Å²) in [6, 6.07) is 3.17. The van der Waals surface area contributed by atoms with Crippen molar-refractivity contribution in [2.75, 3.05) is 11.9 Å². The predicted octanol–water partition coefficient (Wildman–Crippen LogP) is 4.00. The van der Waals surface area contributed by atoms with Crippen LogP contribution in [0, 0.1) is 28.4 Å². The number of aliphatic hydroxyl groups excluding tert-OH is 2. The number of nitrogens with zero attached hydrogens (tertiary/aromatic N) is 1. The van der Waals surface area contributed by atoms with Crippen LogP contribution < -0.4 is 10.6 Å². The van der Waals surface area contributed by atoms with E-state index >= 15 is 0 Å².